The minimum atomic E-state index is -0.170. The number of amides is 3. The van der Waals surface area contributed by atoms with Crippen LogP contribution in [-0.4, -0.2) is 44.0 Å². The number of quaternary nitrogens is 1. The molecule has 1 aliphatic rings. The lowest BCUT2D eigenvalue weighted by molar-refractivity contribution is -0.872. The highest BCUT2D eigenvalue weighted by Crippen LogP contribution is 2.18. The zero-order valence-electron chi connectivity index (χ0n) is 17.3. The van der Waals surface area contributed by atoms with Crippen molar-refractivity contribution in [1.82, 2.24) is 10.2 Å². The van der Waals surface area contributed by atoms with Crippen molar-refractivity contribution in [3.8, 4) is 0 Å². The molecular weight excluding hydrogens is 364 g/mol. The smallest absolute Gasteiger partial charge is 0.321 e. The lowest BCUT2D eigenvalue weighted by atomic mass is 9.97. The number of anilines is 1. The average Bonchev–Trinajstić information content (AvgIpc) is 2.73. The second-order valence-electron chi connectivity index (χ2n) is 7.95. The standard InChI is InChI=1S/C23H30N4O2/c1-26(2)16-19-10-7-6-9-18(19)15-24-22(28)20-11-8-14-27(17-20)23(29)25-21-12-4-3-5-13-21/h3-7,9-10,12-13,20H,8,11,14-17H2,1-2H3,(H,24,28)(H,25,29)/p+1/t20-/m1/s1. The normalized spacial score (nSPS) is 16.5. The Hall–Kier alpha value is -2.86. The second kappa shape index (κ2) is 10.1. The van der Waals surface area contributed by atoms with Crippen molar-refractivity contribution in [1.29, 1.82) is 0 Å². The van der Waals surface area contributed by atoms with E-state index in [1.165, 1.54) is 10.5 Å². The van der Waals surface area contributed by atoms with Crippen LogP contribution in [0.25, 0.3) is 0 Å². The molecule has 2 aromatic rings. The number of nitrogens with zero attached hydrogens (tertiary/aromatic N) is 1. The number of likely N-dealkylation sites (tertiary alicyclic amines) is 1. The van der Waals surface area contributed by atoms with Crippen molar-refractivity contribution in [2.24, 2.45) is 5.92 Å². The van der Waals surface area contributed by atoms with E-state index >= 15 is 0 Å². The third-order valence-corrected chi connectivity index (χ3v) is 5.22. The highest BCUT2D eigenvalue weighted by Gasteiger charge is 2.28. The maximum absolute atomic E-state index is 12.8. The summed E-state index contributed by atoms with van der Waals surface area (Å²) in [5.74, 6) is -0.147. The maximum atomic E-state index is 12.8. The van der Waals surface area contributed by atoms with Crippen LogP contribution >= 0.6 is 0 Å². The molecule has 1 atom stereocenters. The molecule has 1 aliphatic heterocycles. The van der Waals surface area contributed by atoms with Crippen LogP contribution in [-0.2, 0) is 17.9 Å². The highest BCUT2D eigenvalue weighted by atomic mass is 16.2. The fourth-order valence-electron chi connectivity index (χ4n) is 3.71. The first-order valence-corrected chi connectivity index (χ1v) is 10.3. The molecule has 0 radical (unpaired) electrons. The monoisotopic (exact) mass is 395 g/mol. The molecule has 3 amide bonds. The predicted octanol–water partition coefficient (Wildman–Crippen LogP) is 1.89. The number of para-hydroxylation sites is 1. The number of piperidine rings is 1. The molecule has 3 N–H and O–H groups in total. The third-order valence-electron chi connectivity index (χ3n) is 5.22. The molecule has 0 spiro atoms. The summed E-state index contributed by atoms with van der Waals surface area (Å²) in [4.78, 5) is 28.4. The fourth-order valence-corrected chi connectivity index (χ4v) is 3.71. The summed E-state index contributed by atoms with van der Waals surface area (Å²) in [7, 11) is 4.24. The van der Waals surface area contributed by atoms with Crippen molar-refractivity contribution < 1.29 is 14.5 Å². The van der Waals surface area contributed by atoms with E-state index in [1.807, 2.05) is 42.5 Å². The molecule has 3 rings (SSSR count). The van der Waals surface area contributed by atoms with Crippen molar-refractivity contribution >= 4 is 17.6 Å². The van der Waals surface area contributed by atoms with Gasteiger partial charge in [0, 0.05) is 30.9 Å². The van der Waals surface area contributed by atoms with Gasteiger partial charge in [-0.2, -0.15) is 0 Å². The third kappa shape index (κ3) is 6.06. The Morgan fingerprint density at radius 3 is 2.45 bits per heavy atom. The van der Waals surface area contributed by atoms with Crippen molar-refractivity contribution in [2.45, 2.75) is 25.9 Å². The zero-order valence-corrected chi connectivity index (χ0v) is 17.3. The van der Waals surface area contributed by atoms with Crippen LogP contribution < -0.4 is 15.5 Å². The molecule has 2 aromatic carbocycles. The van der Waals surface area contributed by atoms with Gasteiger partial charge in [0.15, 0.2) is 0 Å². The lowest BCUT2D eigenvalue weighted by Crippen LogP contribution is -3.04. The number of rotatable bonds is 6. The quantitative estimate of drug-likeness (QED) is 0.699. The van der Waals surface area contributed by atoms with Gasteiger partial charge < -0.3 is 20.4 Å². The van der Waals surface area contributed by atoms with E-state index in [0.717, 1.165) is 30.6 Å². The first-order valence-electron chi connectivity index (χ1n) is 10.3. The molecule has 6 heteroatoms. The molecule has 1 fully saturated rings. The number of carbonyl (C=O) groups excluding carboxylic acids is 2. The number of hydrogen-bond acceptors (Lipinski definition) is 2. The molecule has 0 aromatic heterocycles. The SMILES string of the molecule is C[NH+](C)Cc1ccccc1CNC(=O)[C@@H]1CCCN(C(=O)Nc2ccccc2)C1. The Morgan fingerprint density at radius 2 is 1.72 bits per heavy atom. The van der Waals surface area contributed by atoms with E-state index in [1.54, 1.807) is 4.90 Å². The Balaban J connectivity index is 1.54. The highest BCUT2D eigenvalue weighted by molar-refractivity contribution is 5.90. The van der Waals surface area contributed by atoms with E-state index in [9.17, 15) is 9.59 Å². The Kier molecular flexibility index (Phi) is 7.25. The summed E-state index contributed by atoms with van der Waals surface area (Å²) in [6.45, 7) is 2.57. The molecule has 6 nitrogen and oxygen atoms in total. The van der Waals surface area contributed by atoms with Crippen LogP contribution in [0.4, 0.5) is 10.5 Å². The number of nitrogens with one attached hydrogen (secondary N) is 3. The van der Waals surface area contributed by atoms with Gasteiger partial charge in [0.05, 0.1) is 20.0 Å². The predicted molar refractivity (Wildman–Crippen MR) is 115 cm³/mol. The minimum Gasteiger partial charge on any atom is -0.352 e. The molecule has 154 valence electrons. The topological polar surface area (TPSA) is 65.9 Å². The van der Waals surface area contributed by atoms with Gasteiger partial charge in [0.2, 0.25) is 5.91 Å². The van der Waals surface area contributed by atoms with E-state index in [2.05, 4.69) is 36.9 Å². The van der Waals surface area contributed by atoms with E-state index in [0.29, 0.717) is 19.6 Å². The molecule has 29 heavy (non-hydrogen) atoms. The van der Waals surface area contributed by atoms with Gasteiger partial charge in [-0.3, -0.25) is 4.79 Å². The Bertz CT molecular complexity index is 823. The van der Waals surface area contributed by atoms with Crippen LogP contribution in [0.2, 0.25) is 0 Å². The molecule has 0 aliphatic carbocycles. The van der Waals surface area contributed by atoms with E-state index < -0.39 is 0 Å². The van der Waals surface area contributed by atoms with Gasteiger partial charge in [-0.1, -0.05) is 42.5 Å². The summed E-state index contributed by atoms with van der Waals surface area (Å²) in [5.41, 5.74) is 3.17. The Morgan fingerprint density at radius 1 is 1.03 bits per heavy atom. The zero-order chi connectivity index (χ0) is 20.6. The van der Waals surface area contributed by atoms with Gasteiger partial charge in [-0.25, -0.2) is 4.79 Å². The van der Waals surface area contributed by atoms with Crippen LogP contribution in [0, 0.1) is 5.92 Å². The summed E-state index contributed by atoms with van der Waals surface area (Å²) >= 11 is 0. The largest absolute Gasteiger partial charge is 0.352 e. The van der Waals surface area contributed by atoms with Crippen LogP contribution in [0.1, 0.15) is 24.0 Å². The number of carbonyl (C=O) groups is 2. The van der Waals surface area contributed by atoms with Crippen LogP contribution in [0.5, 0.6) is 0 Å². The van der Waals surface area contributed by atoms with Gasteiger partial charge in [0.1, 0.15) is 6.54 Å². The maximum Gasteiger partial charge on any atom is 0.321 e. The first kappa shape index (κ1) is 20.9. The van der Waals surface area contributed by atoms with Gasteiger partial charge in [0.25, 0.3) is 0 Å². The lowest BCUT2D eigenvalue weighted by Gasteiger charge is -2.32. The van der Waals surface area contributed by atoms with E-state index in [-0.39, 0.29) is 17.9 Å². The average molecular weight is 396 g/mol. The summed E-state index contributed by atoms with van der Waals surface area (Å²) < 4.78 is 0. The molecule has 0 bridgehead atoms. The van der Waals surface area contributed by atoms with Crippen molar-refractivity contribution in [3.05, 3.63) is 65.7 Å². The number of benzene rings is 2. The number of urea groups is 1. The first-order chi connectivity index (χ1) is 14.0. The van der Waals surface area contributed by atoms with E-state index in [4.69, 9.17) is 0 Å². The second-order valence-corrected chi connectivity index (χ2v) is 7.95. The Labute approximate surface area is 172 Å². The van der Waals surface area contributed by atoms with Gasteiger partial charge >= 0.3 is 6.03 Å². The molecule has 1 heterocycles. The van der Waals surface area contributed by atoms with Crippen molar-refractivity contribution in [3.63, 3.8) is 0 Å². The molecule has 1 saturated heterocycles. The molecular formula is C23H31N4O2+. The fraction of sp³-hybridized carbons (Fsp3) is 0.391. The molecule has 0 unspecified atom stereocenters. The van der Waals surface area contributed by atoms with Crippen molar-refractivity contribution in [2.75, 3.05) is 32.5 Å². The van der Waals surface area contributed by atoms with Gasteiger partial charge in [-0.05, 0) is 30.5 Å². The minimum absolute atomic E-state index is 0.0224. The summed E-state index contributed by atoms with van der Waals surface area (Å²) in [6.07, 6.45) is 1.64. The number of hydrogen-bond donors (Lipinski definition) is 3. The summed E-state index contributed by atoms with van der Waals surface area (Å²) in [5, 5.41) is 5.99. The van der Waals surface area contributed by atoms with Crippen LogP contribution in [0.3, 0.4) is 0 Å². The molecule has 0 saturated carbocycles. The van der Waals surface area contributed by atoms with Gasteiger partial charge in [-0.15, -0.1) is 0 Å². The van der Waals surface area contributed by atoms with Crippen LogP contribution in [0.15, 0.2) is 54.6 Å². The summed E-state index contributed by atoms with van der Waals surface area (Å²) in [6, 6.07) is 17.5.